The van der Waals surface area contributed by atoms with Crippen molar-refractivity contribution in [1.29, 1.82) is 0 Å². The van der Waals surface area contributed by atoms with Crippen molar-refractivity contribution < 1.29 is 4.39 Å². The van der Waals surface area contributed by atoms with E-state index in [9.17, 15) is 4.39 Å². The van der Waals surface area contributed by atoms with Crippen molar-refractivity contribution in [2.75, 3.05) is 0 Å². The van der Waals surface area contributed by atoms with Crippen LogP contribution in [-0.4, -0.2) is 5.96 Å². The SMILES string of the molecule is Fc1ccccc1CNC1=NC(c2ccccc2)C(c2ccccc2)N1. The van der Waals surface area contributed by atoms with E-state index >= 15 is 0 Å². The van der Waals surface area contributed by atoms with Gasteiger partial charge in [-0.3, -0.25) is 0 Å². The molecule has 130 valence electrons. The minimum atomic E-state index is -0.210. The summed E-state index contributed by atoms with van der Waals surface area (Å²) in [6.07, 6.45) is 0. The number of rotatable bonds is 4. The number of hydrogen-bond acceptors (Lipinski definition) is 3. The zero-order chi connectivity index (χ0) is 17.8. The van der Waals surface area contributed by atoms with Gasteiger partial charge in [0.25, 0.3) is 0 Å². The Bertz CT molecular complexity index is 894. The van der Waals surface area contributed by atoms with Crippen LogP contribution in [0.15, 0.2) is 89.9 Å². The standard InChI is InChI=1S/C22H20FN3/c23-19-14-8-7-13-18(19)15-24-22-25-20(16-9-3-1-4-10-16)21(26-22)17-11-5-2-6-12-17/h1-14,20-21H,15H2,(H2,24,25,26). The van der Waals surface area contributed by atoms with Crippen LogP contribution in [0.1, 0.15) is 28.8 Å². The van der Waals surface area contributed by atoms with Crippen molar-refractivity contribution in [2.24, 2.45) is 4.99 Å². The summed E-state index contributed by atoms with van der Waals surface area (Å²) in [5.41, 5.74) is 2.95. The maximum atomic E-state index is 13.8. The number of guanidine groups is 1. The van der Waals surface area contributed by atoms with Crippen molar-refractivity contribution >= 4 is 5.96 Å². The lowest BCUT2D eigenvalue weighted by molar-refractivity contribution is 0.569. The predicted molar refractivity (Wildman–Crippen MR) is 102 cm³/mol. The number of nitrogens with one attached hydrogen (secondary N) is 2. The average molecular weight is 345 g/mol. The Labute approximate surface area is 152 Å². The smallest absolute Gasteiger partial charge is 0.192 e. The molecule has 1 heterocycles. The third-order valence-electron chi connectivity index (χ3n) is 4.58. The van der Waals surface area contributed by atoms with Crippen LogP contribution in [-0.2, 0) is 6.54 Å². The molecule has 0 amide bonds. The average Bonchev–Trinajstić information content (AvgIpc) is 3.13. The lowest BCUT2D eigenvalue weighted by Gasteiger charge is -2.19. The van der Waals surface area contributed by atoms with Gasteiger partial charge >= 0.3 is 0 Å². The Morgan fingerprint density at radius 3 is 2.12 bits per heavy atom. The summed E-state index contributed by atoms with van der Waals surface area (Å²) in [4.78, 5) is 4.83. The fourth-order valence-corrected chi connectivity index (χ4v) is 3.24. The highest BCUT2D eigenvalue weighted by molar-refractivity contribution is 5.82. The molecule has 0 bridgehead atoms. The van der Waals surface area contributed by atoms with Crippen LogP contribution in [0.3, 0.4) is 0 Å². The number of halogens is 1. The van der Waals surface area contributed by atoms with Gasteiger partial charge in [-0.2, -0.15) is 0 Å². The van der Waals surface area contributed by atoms with Crippen LogP contribution in [0.4, 0.5) is 4.39 Å². The first-order valence-corrected chi connectivity index (χ1v) is 8.73. The maximum Gasteiger partial charge on any atom is 0.192 e. The monoisotopic (exact) mass is 345 g/mol. The van der Waals surface area contributed by atoms with Crippen LogP contribution < -0.4 is 10.6 Å². The quantitative estimate of drug-likeness (QED) is 0.737. The first-order chi connectivity index (χ1) is 12.8. The second-order valence-corrected chi connectivity index (χ2v) is 6.31. The zero-order valence-electron chi connectivity index (χ0n) is 14.3. The van der Waals surface area contributed by atoms with Gasteiger partial charge in [0.15, 0.2) is 5.96 Å². The molecule has 0 radical (unpaired) electrons. The Kier molecular flexibility index (Phi) is 4.65. The zero-order valence-corrected chi connectivity index (χ0v) is 14.3. The molecule has 3 aromatic carbocycles. The van der Waals surface area contributed by atoms with Crippen LogP contribution in [0.2, 0.25) is 0 Å². The van der Waals surface area contributed by atoms with Gasteiger partial charge in [0.1, 0.15) is 11.9 Å². The molecule has 2 N–H and O–H groups in total. The molecule has 0 saturated heterocycles. The highest BCUT2D eigenvalue weighted by Crippen LogP contribution is 2.35. The molecule has 4 rings (SSSR count). The van der Waals surface area contributed by atoms with Crippen LogP contribution in [0.5, 0.6) is 0 Å². The lowest BCUT2D eigenvalue weighted by Crippen LogP contribution is -2.35. The molecule has 0 saturated carbocycles. The van der Waals surface area contributed by atoms with E-state index in [-0.39, 0.29) is 17.9 Å². The highest BCUT2D eigenvalue weighted by atomic mass is 19.1. The highest BCUT2D eigenvalue weighted by Gasteiger charge is 2.31. The maximum absolute atomic E-state index is 13.8. The Hall–Kier alpha value is -3.14. The summed E-state index contributed by atoms with van der Waals surface area (Å²) < 4.78 is 13.8. The third-order valence-corrected chi connectivity index (χ3v) is 4.58. The van der Waals surface area contributed by atoms with E-state index in [1.807, 2.05) is 42.5 Å². The molecule has 0 aliphatic carbocycles. The molecule has 0 spiro atoms. The number of aliphatic imine (C=N–C) groups is 1. The summed E-state index contributed by atoms with van der Waals surface area (Å²) in [6.45, 7) is 0.390. The van der Waals surface area contributed by atoms with Crippen molar-refractivity contribution in [3.8, 4) is 0 Å². The van der Waals surface area contributed by atoms with Gasteiger partial charge in [-0.15, -0.1) is 0 Å². The van der Waals surface area contributed by atoms with E-state index < -0.39 is 0 Å². The molecular weight excluding hydrogens is 325 g/mol. The predicted octanol–water partition coefficient (Wildman–Crippen LogP) is 4.36. The van der Waals surface area contributed by atoms with Crippen molar-refractivity contribution in [2.45, 2.75) is 18.6 Å². The third kappa shape index (κ3) is 3.45. The molecule has 3 aromatic rings. The number of hydrogen-bond donors (Lipinski definition) is 2. The molecule has 26 heavy (non-hydrogen) atoms. The molecule has 2 unspecified atom stereocenters. The molecule has 1 aliphatic rings. The van der Waals surface area contributed by atoms with Crippen molar-refractivity contribution in [1.82, 2.24) is 10.6 Å². The first kappa shape index (κ1) is 16.3. The molecule has 4 heteroatoms. The Morgan fingerprint density at radius 1 is 0.808 bits per heavy atom. The topological polar surface area (TPSA) is 36.4 Å². The summed E-state index contributed by atoms with van der Waals surface area (Å²) in [6, 6.07) is 27.3. The van der Waals surface area contributed by atoms with Crippen LogP contribution in [0.25, 0.3) is 0 Å². The van der Waals surface area contributed by atoms with Crippen molar-refractivity contribution in [3.63, 3.8) is 0 Å². The van der Waals surface area contributed by atoms with Gasteiger partial charge in [0, 0.05) is 12.1 Å². The molecule has 1 aliphatic heterocycles. The van der Waals surface area contributed by atoms with E-state index in [0.717, 1.165) is 5.56 Å². The van der Waals surface area contributed by atoms with Crippen LogP contribution in [0, 0.1) is 5.82 Å². The van der Waals surface area contributed by atoms with Gasteiger partial charge in [-0.05, 0) is 17.2 Å². The Morgan fingerprint density at radius 2 is 1.42 bits per heavy atom. The van der Waals surface area contributed by atoms with E-state index in [1.54, 1.807) is 12.1 Å². The van der Waals surface area contributed by atoms with Crippen molar-refractivity contribution in [3.05, 3.63) is 107 Å². The van der Waals surface area contributed by atoms with Gasteiger partial charge in [-0.25, -0.2) is 9.38 Å². The van der Waals surface area contributed by atoms with Gasteiger partial charge in [0.05, 0.1) is 6.04 Å². The fourth-order valence-electron chi connectivity index (χ4n) is 3.24. The largest absolute Gasteiger partial charge is 0.352 e. The van der Waals surface area contributed by atoms with Gasteiger partial charge in [0.2, 0.25) is 0 Å². The second kappa shape index (κ2) is 7.40. The molecular formula is C22H20FN3. The summed E-state index contributed by atoms with van der Waals surface area (Å²) in [7, 11) is 0. The summed E-state index contributed by atoms with van der Waals surface area (Å²) in [5, 5.41) is 6.70. The number of benzene rings is 3. The van der Waals surface area contributed by atoms with E-state index in [1.165, 1.54) is 11.6 Å². The molecule has 2 atom stereocenters. The van der Waals surface area contributed by atoms with Crippen LogP contribution >= 0.6 is 0 Å². The summed E-state index contributed by atoms with van der Waals surface area (Å²) in [5.74, 6) is 0.480. The fraction of sp³-hybridized carbons (Fsp3) is 0.136. The van der Waals surface area contributed by atoms with Gasteiger partial charge < -0.3 is 10.6 Å². The lowest BCUT2D eigenvalue weighted by atomic mass is 9.95. The minimum absolute atomic E-state index is 0.0262. The number of nitrogens with zero attached hydrogens (tertiary/aromatic N) is 1. The minimum Gasteiger partial charge on any atom is -0.352 e. The molecule has 3 nitrogen and oxygen atoms in total. The first-order valence-electron chi connectivity index (χ1n) is 8.73. The van der Waals surface area contributed by atoms with E-state index in [2.05, 4.69) is 34.9 Å². The van der Waals surface area contributed by atoms with E-state index in [0.29, 0.717) is 18.1 Å². The van der Waals surface area contributed by atoms with Gasteiger partial charge in [-0.1, -0.05) is 78.9 Å². The van der Waals surface area contributed by atoms with E-state index in [4.69, 9.17) is 4.99 Å². The molecule has 0 aromatic heterocycles. The second-order valence-electron chi connectivity index (χ2n) is 6.31. The molecule has 0 fully saturated rings. The summed E-state index contributed by atoms with van der Waals surface area (Å²) >= 11 is 0. The Balaban J connectivity index is 1.57. The normalized spacial score (nSPS) is 18.9.